The van der Waals surface area contributed by atoms with E-state index in [1.165, 1.54) is 15.3 Å². The van der Waals surface area contributed by atoms with Crippen molar-refractivity contribution in [1.29, 1.82) is 0 Å². The molecule has 0 aliphatic heterocycles. The lowest BCUT2D eigenvalue weighted by atomic mass is 10.1. The molecule has 1 aromatic heterocycles. The van der Waals surface area contributed by atoms with Crippen molar-refractivity contribution in [2.24, 2.45) is 5.73 Å². The summed E-state index contributed by atoms with van der Waals surface area (Å²) in [5, 5.41) is 0. The molecule has 0 saturated carbocycles. The van der Waals surface area contributed by atoms with Gasteiger partial charge >= 0.3 is 0 Å². The molecular weight excluding hydrogens is 254 g/mol. The number of benzene rings is 1. The molecule has 1 atom stereocenters. The molecule has 0 spiro atoms. The molecular formula is C16H21NOS. The quantitative estimate of drug-likeness (QED) is 0.886. The van der Waals surface area contributed by atoms with Crippen LogP contribution >= 0.6 is 11.3 Å². The first-order valence-electron chi connectivity index (χ1n) is 6.66. The van der Waals surface area contributed by atoms with E-state index in [0.717, 1.165) is 17.7 Å². The smallest absolute Gasteiger partial charge is 0.124 e. The second-order valence-electron chi connectivity index (χ2n) is 4.84. The predicted octanol–water partition coefficient (Wildman–Crippen LogP) is 4.22. The minimum absolute atomic E-state index is 0.00913. The van der Waals surface area contributed by atoms with Crippen LogP contribution in [0.5, 0.6) is 5.75 Å². The lowest BCUT2D eigenvalue weighted by molar-refractivity contribution is 0.305. The third kappa shape index (κ3) is 3.58. The van der Waals surface area contributed by atoms with E-state index in [1.807, 2.05) is 18.3 Å². The van der Waals surface area contributed by atoms with Crippen molar-refractivity contribution in [3.63, 3.8) is 0 Å². The van der Waals surface area contributed by atoms with Crippen LogP contribution < -0.4 is 10.5 Å². The lowest BCUT2D eigenvalue weighted by Gasteiger charge is -2.14. The normalized spacial score (nSPS) is 12.4. The molecule has 0 bridgehead atoms. The van der Waals surface area contributed by atoms with Crippen LogP contribution in [-0.2, 0) is 13.0 Å². The number of hydrogen-bond donors (Lipinski definition) is 1. The second kappa shape index (κ2) is 6.22. The summed E-state index contributed by atoms with van der Waals surface area (Å²) in [6.45, 7) is 6.84. The Bertz CT molecular complexity index is 545. The standard InChI is InChI=1S/C16H21NOS/c1-4-13-6-7-14(19-13)10-18-16-9-11(2)5-8-15(16)12(3)17/h5-9,12H,4,10,17H2,1-3H3/t12-/m0/s1. The third-order valence-corrected chi connectivity index (χ3v) is 4.30. The maximum absolute atomic E-state index is 5.98. The van der Waals surface area contributed by atoms with E-state index in [2.05, 4.69) is 44.2 Å². The van der Waals surface area contributed by atoms with E-state index in [-0.39, 0.29) is 6.04 Å². The van der Waals surface area contributed by atoms with Gasteiger partial charge in [-0.15, -0.1) is 11.3 Å². The topological polar surface area (TPSA) is 35.2 Å². The maximum Gasteiger partial charge on any atom is 0.124 e. The zero-order valence-electron chi connectivity index (χ0n) is 11.8. The fourth-order valence-corrected chi connectivity index (χ4v) is 2.85. The molecule has 0 aliphatic carbocycles. The maximum atomic E-state index is 5.98. The van der Waals surface area contributed by atoms with Gasteiger partial charge in [0.25, 0.3) is 0 Å². The highest BCUT2D eigenvalue weighted by Crippen LogP contribution is 2.27. The molecule has 0 saturated heterocycles. The lowest BCUT2D eigenvalue weighted by Crippen LogP contribution is -2.08. The Labute approximate surface area is 119 Å². The van der Waals surface area contributed by atoms with Gasteiger partial charge in [0.05, 0.1) is 0 Å². The molecule has 2 aromatic rings. The van der Waals surface area contributed by atoms with Crippen molar-refractivity contribution >= 4 is 11.3 Å². The molecule has 1 heterocycles. The van der Waals surface area contributed by atoms with E-state index < -0.39 is 0 Å². The first-order chi connectivity index (χ1) is 9.10. The Morgan fingerprint density at radius 3 is 2.58 bits per heavy atom. The van der Waals surface area contributed by atoms with Gasteiger partial charge in [-0.25, -0.2) is 0 Å². The first kappa shape index (κ1) is 14.1. The zero-order valence-corrected chi connectivity index (χ0v) is 12.6. The number of rotatable bonds is 5. The van der Waals surface area contributed by atoms with Crippen LogP contribution in [0.15, 0.2) is 30.3 Å². The van der Waals surface area contributed by atoms with Gasteiger partial charge in [0.15, 0.2) is 0 Å². The first-order valence-corrected chi connectivity index (χ1v) is 7.48. The van der Waals surface area contributed by atoms with Gasteiger partial charge in [0.2, 0.25) is 0 Å². The number of hydrogen-bond acceptors (Lipinski definition) is 3. The minimum atomic E-state index is -0.00913. The number of ether oxygens (including phenoxy) is 1. The zero-order chi connectivity index (χ0) is 13.8. The average molecular weight is 275 g/mol. The average Bonchev–Trinajstić information content (AvgIpc) is 2.84. The number of thiophene rings is 1. The van der Waals surface area contributed by atoms with Gasteiger partial charge in [0, 0.05) is 21.4 Å². The van der Waals surface area contributed by atoms with Gasteiger partial charge < -0.3 is 10.5 Å². The van der Waals surface area contributed by atoms with Crippen molar-refractivity contribution in [3.8, 4) is 5.75 Å². The van der Waals surface area contributed by atoms with Crippen molar-refractivity contribution in [3.05, 3.63) is 51.2 Å². The van der Waals surface area contributed by atoms with Crippen molar-refractivity contribution < 1.29 is 4.74 Å². The van der Waals surface area contributed by atoms with Crippen LogP contribution in [0, 0.1) is 6.92 Å². The minimum Gasteiger partial charge on any atom is -0.488 e. The van der Waals surface area contributed by atoms with Gasteiger partial charge in [-0.1, -0.05) is 19.1 Å². The van der Waals surface area contributed by atoms with Gasteiger partial charge in [0.1, 0.15) is 12.4 Å². The molecule has 2 nitrogen and oxygen atoms in total. The molecule has 2 rings (SSSR count). The van der Waals surface area contributed by atoms with E-state index in [4.69, 9.17) is 10.5 Å². The fraction of sp³-hybridized carbons (Fsp3) is 0.375. The molecule has 2 N–H and O–H groups in total. The summed E-state index contributed by atoms with van der Waals surface area (Å²) in [6.07, 6.45) is 1.08. The molecule has 0 amide bonds. The number of aryl methyl sites for hydroxylation is 2. The summed E-state index contributed by atoms with van der Waals surface area (Å²) in [6, 6.07) is 10.5. The summed E-state index contributed by atoms with van der Waals surface area (Å²) in [5.74, 6) is 0.904. The predicted molar refractivity (Wildman–Crippen MR) is 81.8 cm³/mol. The Hall–Kier alpha value is -1.32. The molecule has 0 radical (unpaired) electrons. The van der Waals surface area contributed by atoms with Gasteiger partial charge in [-0.3, -0.25) is 0 Å². The number of nitrogens with two attached hydrogens (primary N) is 1. The molecule has 19 heavy (non-hydrogen) atoms. The summed E-state index contributed by atoms with van der Waals surface area (Å²) in [7, 11) is 0. The highest BCUT2D eigenvalue weighted by atomic mass is 32.1. The van der Waals surface area contributed by atoms with E-state index >= 15 is 0 Å². The van der Waals surface area contributed by atoms with Crippen LogP contribution in [0.4, 0.5) is 0 Å². The summed E-state index contributed by atoms with van der Waals surface area (Å²) in [4.78, 5) is 2.66. The van der Waals surface area contributed by atoms with Gasteiger partial charge in [-0.05, 0) is 44.0 Å². The second-order valence-corrected chi connectivity index (χ2v) is 6.09. The molecule has 0 aliphatic rings. The monoisotopic (exact) mass is 275 g/mol. The van der Waals surface area contributed by atoms with Crippen molar-refractivity contribution in [2.75, 3.05) is 0 Å². The largest absolute Gasteiger partial charge is 0.488 e. The molecule has 1 aromatic carbocycles. The molecule has 0 unspecified atom stereocenters. The van der Waals surface area contributed by atoms with Gasteiger partial charge in [-0.2, -0.15) is 0 Å². The molecule has 102 valence electrons. The SMILES string of the molecule is CCc1ccc(COc2cc(C)ccc2[C@H](C)N)s1. The van der Waals surface area contributed by atoms with Crippen LogP contribution in [0.25, 0.3) is 0 Å². The van der Waals surface area contributed by atoms with Crippen LogP contribution in [0.2, 0.25) is 0 Å². The summed E-state index contributed by atoms with van der Waals surface area (Å²) < 4.78 is 5.95. The Kier molecular flexibility index (Phi) is 4.61. The van der Waals surface area contributed by atoms with E-state index in [1.54, 1.807) is 0 Å². The Morgan fingerprint density at radius 1 is 1.21 bits per heavy atom. The summed E-state index contributed by atoms with van der Waals surface area (Å²) in [5.41, 5.74) is 8.24. The van der Waals surface area contributed by atoms with Crippen LogP contribution in [0.3, 0.4) is 0 Å². The van der Waals surface area contributed by atoms with Crippen molar-refractivity contribution in [1.82, 2.24) is 0 Å². The highest BCUT2D eigenvalue weighted by Gasteiger charge is 2.09. The Morgan fingerprint density at radius 2 is 1.95 bits per heavy atom. The van der Waals surface area contributed by atoms with Crippen LogP contribution in [-0.4, -0.2) is 0 Å². The molecule has 0 fully saturated rings. The molecule has 3 heteroatoms. The summed E-state index contributed by atoms with van der Waals surface area (Å²) >= 11 is 1.81. The van der Waals surface area contributed by atoms with Crippen molar-refractivity contribution in [2.45, 2.75) is 39.8 Å². The third-order valence-electron chi connectivity index (χ3n) is 3.10. The van der Waals surface area contributed by atoms with E-state index in [0.29, 0.717) is 6.61 Å². The fourth-order valence-electron chi connectivity index (χ4n) is 1.98. The van der Waals surface area contributed by atoms with Crippen LogP contribution in [0.1, 0.15) is 40.8 Å². The van der Waals surface area contributed by atoms with E-state index in [9.17, 15) is 0 Å². The Balaban J connectivity index is 2.12. The highest BCUT2D eigenvalue weighted by molar-refractivity contribution is 7.11.